The minimum Gasteiger partial charge on any atom is -0.353 e. The Morgan fingerprint density at radius 3 is 2.88 bits per heavy atom. The Morgan fingerprint density at radius 1 is 1.20 bits per heavy atom. The molecule has 0 spiro atoms. The van der Waals surface area contributed by atoms with Crippen molar-refractivity contribution in [2.24, 2.45) is 0 Å². The molecule has 3 aromatic rings. The van der Waals surface area contributed by atoms with Gasteiger partial charge in [0.25, 0.3) is 0 Å². The third-order valence-corrected chi connectivity index (χ3v) is 5.12. The average molecular weight is 354 g/mol. The minimum atomic E-state index is 0.0625. The molecular weight excluding hydrogens is 336 g/mol. The molecule has 3 aromatic heterocycles. The number of rotatable bonds is 5. The summed E-state index contributed by atoms with van der Waals surface area (Å²) in [6.07, 6.45) is 6.31. The Labute approximate surface area is 149 Å². The standard InChI is InChI=1S/C17H18N6OS/c24-15(19-12-5-1-2-6-12)11-25-16-9-8-14-20-21-17(23(14)22-16)13-7-3-4-10-18-13/h3-4,7-10,12H,1-2,5-6,11H2,(H,19,24). The van der Waals surface area contributed by atoms with Gasteiger partial charge in [0.05, 0.1) is 5.75 Å². The van der Waals surface area contributed by atoms with E-state index in [9.17, 15) is 4.79 Å². The van der Waals surface area contributed by atoms with Crippen LogP contribution in [0.5, 0.6) is 0 Å². The molecule has 3 heterocycles. The number of nitrogens with one attached hydrogen (secondary N) is 1. The summed E-state index contributed by atoms with van der Waals surface area (Å²) in [6, 6.07) is 9.67. The molecule has 0 saturated heterocycles. The highest BCUT2D eigenvalue weighted by Gasteiger charge is 2.17. The van der Waals surface area contributed by atoms with Gasteiger partial charge >= 0.3 is 0 Å². The lowest BCUT2D eigenvalue weighted by atomic mass is 10.2. The van der Waals surface area contributed by atoms with Gasteiger partial charge in [-0.05, 0) is 37.1 Å². The van der Waals surface area contributed by atoms with E-state index in [4.69, 9.17) is 0 Å². The largest absolute Gasteiger partial charge is 0.353 e. The molecule has 0 aliphatic heterocycles. The van der Waals surface area contributed by atoms with Crippen LogP contribution in [0.25, 0.3) is 17.2 Å². The van der Waals surface area contributed by atoms with Gasteiger partial charge in [-0.25, -0.2) is 0 Å². The second-order valence-corrected chi connectivity index (χ2v) is 7.01. The SMILES string of the molecule is O=C(CSc1ccc2nnc(-c3ccccn3)n2n1)NC1CCCC1. The van der Waals surface area contributed by atoms with Crippen LogP contribution < -0.4 is 5.32 Å². The van der Waals surface area contributed by atoms with Crippen LogP contribution in [0.4, 0.5) is 0 Å². The quantitative estimate of drug-likeness (QED) is 0.708. The summed E-state index contributed by atoms with van der Waals surface area (Å²) in [7, 11) is 0. The van der Waals surface area contributed by atoms with Crippen LogP contribution in [0.1, 0.15) is 25.7 Å². The fourth-order valence-electron chi connectivity index (χ4n) is 2.98. The van der Waals surface area contributed by atoms with Crippen molar-refractivity contribution in [3.63, 3.8) is 0 Å². The molecule has 0 unspecified atom stereocenters. The van der Waals surface area contributed by atoms with Gasteiger partial charge in [-0.2, -0.15) is 9.61 Å². The van der Waals surface area contributed by atoms with Crippen molar-refractivity contribution in [1.29, 1.82) is 0 Å². The second-order valence-electron chi connectivity index (χ2n) is 6.02. The number of amides is 1. The lowest BCUT2D eigenvalue weighted by Gasteiger charge is -2.11. The van der Waals surface area contributed by atoms with Crippen molar-refractivity contribution < 1.29 is 4.79 Å². The molecule has 1 N–H and O–H groups in total. The molecule has 0 bridgehead atoms. The summed E-state index contributed by atoms with van der Waals surface area (Å²) in [5.74, 6) is 1.01. The number of carbonyl (C=O) groups is 1. The van der Waals surface area contributed by atoms with Gasteiger partial charge < -0.3 is 5.32 Å². The van der Waals surface area contributed by atoms with Crippen LogP contribution in [0.15, 0.2) is 41.6 Å². The Hall–Kier alpha value is -2.48. The molecular formula is C17H18N6OS. The highest BCUT2D eigenvalue weighted by molar-refractivity contribution is 7.99. The molecule has 25 heavy (non-hydrogen) atoms. The lowest BCUT2D eigenvalue weighted by Crippen LogP contribution is -2.33. The van der Waals surface area contributed by atoms with E-state index in [-0.39, 0.29) is 5.91 Å². The topological polar surface area (TPSA) is 85.1 Å². The summed E-state index contributed by atoms with van der Waals surface area (Å²) in [5.41, 5.74) is 1.36. The van der Waals surface area contributed by atoms with E-state index >= 15 is 0 Å². The maximum Gasteiger partial charge on any atom is 0.230 e. The molecule has 1 fully saturated rings. The van der Waals surface area contributed by atoms with E-state index in [1.165, 1.54) is 24.6 Å². The third-order valence-electron chi connectivity index (χ3n) is 4.20. The number of fused-ring (bicyclic) bond motifs is 1. The fraction of sp³-hybridized carbons (Fsp3) is 0.353. The van der Waals surface area contributed by atoms with Crippen LogP contribution in [0.2, 0.25) is 0 Å². The van der Waals surface area contributed by atoms with Crippen LogP contribution in [-0.2, 0) is 4.79 Å². The zero-order valence-corrected chi connectivity index (χ0v) is 14.4. The van der Waals surface area contributed by atoms with Gasteiger partial charge in [0.15, 0.2) is 5.65 Å². The van der Waals surface area contributed by atoms with Crippen LogP contribution in [0, 0.1) is 0 Å². The van der Waals surface area contributed by atoms with E-state index in [2.05, 4.69) is 25.6 Å². The van der Waals surface area contributed by atoms with Crippen LogP contribution >= 0.6 is 11.8 Å². The van der Waals surface area contributed by atoms with Crippen molar-refractivity contribution >= 4 is 23.3 Å². The molecule has 1 saturated carbocycles. The minimum absolute atomic E-state index is 0.0625. The van der Waals surface area contributed by atoms with Gasteiger partial charge in [-0.3, -0.25) is 9.78 Å². The predicted octanol–water partition coefficient (Wildman–Crippen LogP) is 2.34. The number of aromatic nitrogens is 5. The summed E-state index contributed by atoms with van der Waals surface area (Å²) >= 11 is 1.41. The maximum atomic E-state index is 12.1. The Bertz CT molecular complexity index is 875. The summed E-state index contributed by atoms with van der Waals surface area (Å²) < 4.78 is 1.67. The van der Waals surface area contributed by atoms with Crippen molar-refractivity contribution in [3.05, 3.63) is 36.5 Å². The van der Waals surface area contributed by atoms with E-state index < -0.39 is 0 Å². The first-order valence-electron chi connectivity index (χ1n) is 8.35. The molecule has 4 rings (SSSR count). The Morgan fingerprint density at radius 2 is 2.08 bits per heavy atom. The lowest BCUT2D eigenvalue weighted by molar-refractivity contribution is -0.119. The van der Waals surface area contributed by atoms with Crippen molar-refractivity contribution in [3.8, 4) is 11.5 Å². The first-order chi connectivity index (χ1) is 12.3. The summed E-state index contributed by atoms with van der Waals surface area (Å²) in [4.78, 5) is 16.4. The average Bonchev–Trinajstić information content (AvgIpc) is 3.30. The zero-order valence-electron chi connectivity index (χ0n) is 13.6. The van der Waals surface area contributed by atoms with Gasteiger partial charge in [-0.15, -0.1) is 10.2 Å². The van der Waals surface area contributed by atoms with Gasteiger partial charge in [-0.1, -0.05) is 30.7 Å². The monoisotopic (exact) mass is 354 g/mol. The van der Waals surface area contributed by atoms with E-state index in [1.807, 2.05) is 30.3 Å². The fourth-order valence-corrected chi connectivity index (χ4v) is 3.65. The zero-order chi connectivity index (χ0) is 17.1. The number of carbonyl (C=O) groups excluding carboxylic acids is 1. The summed E-state index contributed by atoms with van der Waals surface area (Å²) in [6.45, 7) is 0. The number of nitrogens with zero attached hydrogens (tertiary/aromatic N) is 5. The molecule has 1 amide bonds. The first-order valence-corrected chi connectivity index (χ1v) is 9.34. The molecule has 0 atom stereocenters. The molecule has 1 aliphatic carbocycles. The predicted molar refractivity (Wildman–Crippen MR) is 95.1 cm³/mol. The molecule has 1 aliphatic rings. The Balaban J connectivity index is 1.48. The van der Waals surface area contributed by atoms with Crippen molar-refractivity contribution in [1.82, 2.24) is 30.1 Å². The maximum absolute atomic E-state index is 12.1. The van der Waals surface area contributed by atoms with Crippen molar-refractivity contribution in [2.45, 2.75) is 36.8 Å². The van der Waals surface area contributed by atoms with Crippen molar-refractivity contribution in [2.75, 3.05) is 5.75 Å². The highest BCUT2D eigenvalue weighted by Crippen LogP contribution is 2.20. The molecule has 0 aromatic carbocycles. The van der Waals surface area contributed by atoms with E-state index in [0.29, 0.717) is 29.0 Å². The van der Waals surface area contributed by atoms with Crippen LogP contribution in [0.3, 0.4) is 0 Å². The number of pyridine rings is 1. The number of hydrogen-bond donors (Lipinski definition) is 1. The Kier molecular flexibility index (Phi) is 4.60. The van der Waals surface area contributed by atoms with Crippen LogP contribution in [-0.4, -0.2) is 42.5 Å². The van der Waals surface area contributed by atoms with E-state index in [0.717, 1.165) is 17.9 Å². The van der Waals surface area contributed by atoms with Gasteiger partial charge in [0.2, 0.25) is 11.7 Å². The summed E-state index contributed by atoms with van der Waals surface area (Å²) in [5, 5.41) is 16.7. The molecule has 0 radical (unpaired) electrons. The number of hydrogen-bond acceptors (Lipinski definition) is 6. The highest BCUT2D eigenvalue weighted by atomic mass is 32.2. The second kappa shape index (κ2) is 7.18. The van der Waals surface area contributed by atoms with Gasteiger partial charge in [0, 0.05) is 12.2 Å². The van der Waals surface area contributed by atoms with E-state index in [1.54, 1.807) is 10.7 Å². The molecule has 7 nitrogen and oxygen atoms in total. The first kappa shape index (κ1) is 16.0. The number of thioether (sulfide) groups is 1. The third kappa shape index (κ3) is 3.63. The smallest absolute Gasteiger partial charge is 0.230 e. The molecule has 128 valence electrons. The molecule has 8 heteroatoms. The van der Waals surface area contributed by atoms with Gasteiger partial charge in [0.1, 0.15) is 10.7 Å². The normalized spacial score (nSPS) is 14.9.